The number of carboxylic acid groups (broad SMARTS) is 1. The van der Waals surface area contributed by atoms with Gasteiger partial charge in [0.05, 0.1) is 12.1 Å². The zero-order valence-electron chi connectivity index (χ0n) is 28.5. The summed E-state index contributed by atoms with van der Waals surface area (Å²) in [6, 6.07) is 5.36. The maximum atomic E-state index is 13.5. The Morgan fingerprint density at radius 3 is 2.19 bits per heavy atom. The summed E-state index contributed by atoms with van der Waals surface area (Å²) in [7, 11) is 0. The minimum atomic E-state index is -1.71. The van der Waals surface area contributed by atoms with Gasteiger partial charge in [-0.2, -0.15) is 0 Å². The van der Waals surface area contributed by atoms with Crippen LogP contribution in [0.2, 0.25) is 0 Å². The van der Waals surface area contributed by atoms with E-state index in [0.29, 0.717) is 12.8 Å². The number of carboxylic acids is 1. The third kappa shape index (κ3) is 14.6. The van der Waals surface area contributed by atoms with E-state index in [9.17, 15) is 34.2 Å². The van der Waals surface area contributed by atoms with E-state index in [4.69, 9.17) is 4.74 Å². The molecular weight excluding hydrogens is 606 g/mol. The molecule has 1 saturated carbocycles. The second-order valence-electron chi connectivity index (χ2n) is 13.2. The van der Waals surface area contributed by atoms with Gasteiger partial charge >= 0.3 is 18.1 Å². The van der Waals surface area contributed by atoms with E-state index >= 15 is 0 Å². The first-order valence-corrected chi connectivity index (χ1v) is 16.8. The van der Waals surface area contributed by atoms with Crippen LogP contribution in [0.1, 0.15) is 98.0 Å². The number of aliphatic hydroxyl groups is 1. The molecule has 0 saturated heterocycles. The van der Waals surface area contributed by atoms with Gasteiger partial charge in [-0.15, -0.1) is 0 Å². The normalized spacial score (nSPS) is 16.2. The summed E-state index contributed by atoms with van der Waals surface area (Å²) in [4.78, 5) is 63.8. The van der Waals surface area contributed by atoms with Crippen LogP contribution in [0.5, 0.6) is 0 Å². The molecule has 47 heavy (non-hydrogen) atoms. The number of urea groups is 1. The lowest BCUT2D eigenvalue weighted by Gasteiger charge is -2.33. The second kappa shape index (κ2) is 19.7. The molecule has 0 aromatic heterocycles. The SMILES string of the molecule is CCCC[C@H](NC(=O)[C@H](Cc1ccccc1)NC(=O)OC(C)(C)C(=O)N[C@@H](CC1CCCCC1)[C@@H](O)CNC(=O)NC(C)C)C(=O)O. The Morgan fingerprint density at radius 2 is 1.60 bits per heavy atom. The molecule has 2 rings (SSSR count). The number of hydrogen-bond donors (Lipinski definition) is 7. The topological polar surface area (TPSA) is 195 Å². The van der Waals surface area contributed by atoms with E-state index in [2.05, 4.69) is 26.6 Å². The lowest BCUT2D eigenvalue weighted by Crippen LogP contribution is -2.57. The Bertz CT molecular complexity index is 1160. The molecule has 1 aromatic carbocycles. The van der Waals surface area contributed by atoms with Gasteiger partial charge in [0.1, 0.15) is 12.1 Å². The first-order valence-electron chi connectivity index (χ1n) is 16.8. The van der Waals surface area contributed by atoms with Gasteiger partial charge in [-0.25, -0.2) is 14.4 Å². The van der Waals surface area contributed by atoms with Gasteiger partial charge in [-0.05, 0) is 52.0 Å². The summed E-state index contributed by atoms with van der Waals surface area (Å²) < 4.78 is 5.53. The van der Waals surface area contributed by atoms with Crippen LogP contribution in [0.4, 0.5) is 9.59 Å². The number of amides is 5. The monoisotopic (exact) mass is 661 g/mol. The molecule has 1 aliphatic carbocycles. The van der Waals surface area contributed by atoms with Crippen molar-refractivity contribution in [1.82, 2.24) is 26.6 Å². The molecular formula is C34H55N5O8. The Morgan fingerprint density at radius 1 is 0.936 bits per heavy atom. The molecule has 1 aliphatic rings. The van der Waals surface area contributed by atoms with Crippen LogP contribution >= 0.6 is 0 Å². The molecule has 7 N–H and O–H groups in total. The number of hydrogen-bond acceptors (Lipinski definition) is 7. The third-order valence-corrected chi connectivity index (χ3v) is 8.23. The minimum Gasteiger partial charge on any atom is -0.480 e. The number of ether oxygens (including phenoxy) is 1. The molecule has 0 unspecified atom stereocenters. The molecule has 13 heteroatoms. The van der Waals surface area contributed by atoms with Gasteiger partial charge in [0, 0.05) is 19.0 Å². The molecule has 0 heterocycles. The molecule has 0 aliphatic heterocycles. The number of alkyl carbamates (subject to hydrolysis) is 1. The average Bonchev–Trinajstić information content (AvgIpc) is 3.01. The van der Waals surface area contributed by atoms with Gasteiger partial charge in [-0.1, -0.05) is 82.2 Å². The van der Waals surface area contributed by atoms with Crippen LogP contribution < -0.4 is 26.6 Å². The van der Waals surface area contributed by atoms with Gasteiger partial charge in [0.2, 0.25) is 5.91 Å². The fraction of sp³-hybridized carbons (Fsp3) is 0.676. The maximum Gasteiger partial charge on any atom is 0.408 e. The summed E-state index contributed by atoms with van der Waals surface area (Å²) in [5.74, 6) is -2.24. The largest absolute Gasteiger partial charge is 0.480 e. The zero-order chi connectivity index (χ0) is 35.0. The number of rotatable bonds is 18. The van der Waals surface area contributed by atoms with Crippen LogP contribution in [0.3, 0.4) is 0 Å². The van der Waals surface area contributed by atoms with E-state index in [1.54, 1.807) is 24.3 Å². The maximum absolute atomic E-state index is 13.5. The average molecular weight is 662 g/mol. The van der Waals surface area contributed by atoms with Crippen molar-refractivity contribution in [2.75, 3.05) is 6.54 Å². The van der Waals surface area contributed by atoms with E-state index in [1.165, 1.54) is 13.8 Å². The molecule has 0 bridgehead atoms. The highest BCUT2D eigenvalue weighted by atomic mass is 16.6. The smallest absolute Gasteiger partial charge is 0.408 e. The Kier molecular flexibility index (Phi) is 16.5. The summed E-state index contributed by atoms with van der Waals surface area (Å²) >= 11 is 0. The Hall–Kier alpha value is -3.87. The van der Waals surface area contributed by atoms with Crippen molar-refractivity contribution in [2.24, 2.45) is 5.92 Å². The number of unbranched alkanes of at least 4 members (excludes halogenated alkanes) is 1. The van der Waals surface area contributed by atoms with Gasteiger partial charge in [0.15, 0.2) is 5.60 Å². The van der Waals surface area contributed by atoms with Crippen LogP contribution in [-0.4, -0.2) is 82.5 Å². The molecule has 13 nitrogen and oxygen atoms in total. The number of benzene rings is 1. The molecule has 4 atom stereocenters. The van der Waals surface area contributed by atoms with Crippen LogP contribution in [0, 0.1) is 5.92 Å². The van der Waals surface area contributed by atoms with Gasteiger partial charge in [0.25, 0.3) is 5.91 Å². The summed E-state index contributed by atoms with van der Waals surface area (Å²) in [5.41, 5.74) is -0.990. The highest BCUT2D eigenvalue weighted by Crippen LogP contribution is 2.28. The lowest BCUT2D eigenvalue weighted by atomic mass is 9.83. The van der Waals surface area contributed by atoms with Crippen LogP contribution in [-0.2, 0) is 25.5 Å². The van der Waals surface area contributed by atoms with E-state index in [1.807, 2.05) is 26.8 Å². The van der Waals surface area contributed by atoms with Crippen molar-refractivity contribution < 1.29 is 38.9 Å². The molecule has 264 valence electrons. The molecule has 5 amide bonds. The minimum absolute atomic E-state index is 0.0571. The first-order chi connectivity index (χ1) is 22.2. The van der Waals surface area contributed by atoms with Gasteiger partial charge in [-0.3, -0.25) is 9.59 Å². The fourth-order valence-corrected chi connectivity index (χ4v) is 5.54. The Labute approximate surface area is 278 Å². The van der Waals surface area contributed by atoms with Crippen molar-refractivity contribution in [3.8, 4) is 0 Å². The quantitative estimate of drug-likeness (QED) is 0.124. The predicted molar refractivity (Wildman–Crippen MR) is 178 cm³/mol. The Balaban J connectivity index is 2.14. The van der Waals surface area contributed by atoms with E-state index in [-0.39, 0.29) is 31.3 Å². The number of carbonyl (C=O) groups excluding carboxylic acids is 4. The highest BCUT2D eigenvalue weighted by Gasteiger charge is 2.37. The van der Waals surface area contributed by atoms with Crippen molar-refractivity contribution >= 4 is 29.9 Å². The summed E-state index contributed by atoms with van der Waals surface area (Å²) in [5, 5.41) is 33.9. The van der Waals surface area contributed by atoms with E-state index < -0.39 is 59.7 Å². The number of carbonyl (C=O) groups is 5. The standard InChI is InChI=1S/C34H55N5O8/c1-6-7-18-25(30(42)43)37-29(41)27(20-24-16-12-9-13-17-24)39-33(46)47-34(4,5)31(44)38-26(19-23-14-10-8-11-15-23)28(40)21-35-32(45)36-22(2)3/h9,12-13,16-17,22-23,25-28,40H,6-8,10-11,14-15,18-21H2,1-5H3,(H,37,41)(H,38,44)(H,39,46)(H,42,43)(H2,35,36,45)/t25-,26-,27-,28-/m0/s1. The third-order valence-electron chi connectivity index (χ3n) is 8.23. The van der Waals surface area contributed by atoms with E-state index in [0.717, 1.165) is 44.1 Å². The van der Waals surface area contributed by atoms with Crippen molar-refractivity contribution in [2.45, 2.75) is 135 Å². The number of aliphatic carboxylic acids is 1. The molecule has 1 fully saturated rings. The molecule has 0 spiro atoms. The summed E-state index contributed by atoms with van der Waals surface area (Å²) in [6.45, 7) is 8.25. The second-order valence-corrected chi connectivity index (χ2v) is 13.2. The number of aliphatic hydroxyl groups excluding tert-OH is 1. The first kappa shape index (κ1) is 39.3. The highest BCUT2D eigenvalue weighted by molar-refractivity contribution is 5.91. The van der Waals surface area contributed by atoms with Crippen LogP contribution in [0.25, 0.3) is 0 Å². The van der Waals surface area contributed by atoms with Crippen molar-refractivity contribution in [1.29, 1.82) is 0 Å². The lowest BCUT2D eigenvalue weighted by molar-refractivity contribution is -0.142. The van der Waals surface area contributed by atoms with Crippen molar-refractivity contribution in [3.05, 3.63) is 35.9 Å². The van der Waals surface area contributed by atoms with Gasteiger partial charge < -0.3 is 41.5 Å². The zero-order valence-corrected chi connectivity index (χ0v) is 28.5. The molecule has 1 aromatic rings. The van der Waals surface area contributed by atoms with Crippen LogP contribution in [0.15, 0.2) is 30.3 Å². The summed E-state index contributed by atoms with van der Waals surface area (Å²) in [6.07, 6.45) is 5.18. The van der Waals surface area contributed by atoms with Crippen molar-refractivity contribution in [3.63, 3.8) is 0 Å². The molecule has 0 radical (unpaired) electrons. The predicted octanol–water partition coefficient (Wildman–Crippen LogP) is 3.39. The number of nitrogens with one attached hydrogen (secondary N) is 5. The fourth-order valence-electron chi connectivity index (χ4n) is 5.54.